The zero-order valence-electron chi connectivity index (χ0n) is 14.5. The summed E-state index contributed by atoms with van der Waals surface area (Å²) in [6.07, 6.45) is -0.113. The Balaban J connectivity index is 2.31. The van der Waals surface area contributed by atoms with Crippen LogP contribution >= 0.6 is 23.2 Å². The van der Waals surface area contributed by atoms with E-state index in [0.717, 1.165) is 0 Å². The van der Waals surface area contributed by atoms with E-state index in [9.17, 15) is 20.0 Å². The van der Waals surface area contributed by atoms with Crippen LogP contribution in [0.2, 0.25) is 10.0 Å². The van der Waals surface area contributed by atoms with Gasteiger partial charge in [-0.15, -0.1) is 0 Å². The van der Waals surface area contributed by atoms with Crippen LogP contribution in [0.1, 0.15) is 47.1 Å². The number of aromatic nitrogens is 1. The Labute approximate surface area is 166 Å². The second-order valence-electron chi connectivity index (χ2n) is 5.61. The Morgan fingerprint density at radius 3 is 2.67 bits per heavy atom. The zero-order valence-corrected chi connectivity index (χ0v) is 16.0. The molecule has 0 radical (unpaired) electrons. The Kier molecular flexibility index (Phi) is 7.17. The highest BCUT2D eigenvalue weighted by Gasteiger charge is 2.20. The van der Waals surface area contributed by atoms with Gasteiger partial charge < -0.3 is 9.84 Å². The van der Waals surface area contributed by atoms with E-state index in [1.807, 2.05) is 6.07 Å². The van der Waals surface area contributed by atoms with E-state index >= 15 is 0 Å². The van der Waals surface area contributed by atoms with Crippen LogP contribution in [0.15, 0.2) is 24.3 Å². The standard InChI is InChI=1S/C19H16Cl2N2O4/c1-2-27-17(25)6-5-16(24)18-19(26)12(10-22)9-14(23-18)8-11-7-13(20)3-4-15(11)21/h3-4,7,9,26H,2,5-6,8H2,1H3. The van der Waals surface area contributed by atoms with Gasteiger partial charge in [-0.25, -0.2) is 4.98 Å². The molecular formula is C19H16Cl2N2O4. The second-order valence-corrected chi connectivity index (χ2v) is 6.45. The van der Waals surface area contributed by atoms with Crippen LogP contribution in [0.5, 0.6) is 5.75 Å². The minimum Gasteiger partial charge on any atom is -0.504 e. The third-order valence-electron chi connectivity index (χ3n) is 3.67. The van der Waals surface area contributed by atoms with Crippen molar-refractivity contribution in [1.82, 2.24) is 4.98 Å². The number of pyridine rings is 1. The fraction of sp³-hybridized carbons (Fsp3) is 0.263. The maximum atomic E-state index is 12.4. The molecule has 1 N–H and O–H groups in total. The molecule has 0 bridgehead atoms. The third-order valence-corrected chi connectivity index (χ3v) is 4.28. The highest BCUT2D eigenvalue weighted by molar-refractivity contribution is 6.33. The minimum atomic E-state index is -0.559. The maximum absolute atomic E-state index is 12.4. The molecule has 0 amide bonds. The van der Waals surface area contributed by atoms with Gasteiger partial charge in [0, 0.05) is 28.6 Å². The third kappa shape index (κ3) is 5.43. The summed E-state index contributed by atoms with van der Waals surface area (Å²) < 4.78 is 4.78. The monoisotopic (exact) mass is 406 g/mol. The van der Waals surface area contributed by atoms with Crippen molar-refractivity contribution in [3.8, 4) is 11.8 Å². The van der Waals surface area contributed by atoms with Crippen molar-refractivity contribution in [1.29, 1.82) is 5.26 Å². The van der Waals surface area contributed by atoms with Crippen molar-refractivity contribution < 1.29 is 19.4 Å². The number of nitrogens with zero attached hydrogens (tertiary/aromatic N) is 2. The molecule has 2 rings (SSSR count). The summed E-state index contributed by atoms with van der Waals surface area (Å²) >= 11 is 12.1. The summed E-state index contributed by atoms with van der Waals surface area (Å²) in [4.78, 5) is 28.0. The summed E-state index contributed by atoms with van der Waals surface area (Å²) in [5, 5.41) is 20.3. The van der Waals surface area contributed by atoms with Gasteiger partial charge in [-0.05, 0) is 36.8 Å². The summed E-state index contributed by atoms with van der Waals surface area (Å²) in [6.45, 7) is 1.88. The number of ether oxygens (including phenoxy) is 1. The van der Waals surface area contributed by atoms with E-state index in [4.69, 9.17) is 27.9 Å². The van der Waals surface area contributed by atoms with Gasteiger partial charge in [-0.1, -0.05) is 23.2 Å². The molecule has 2 aromatic rings. The molecule has 27 heavy (non-hydrogen) atoms. The van der Waals surface area contributed by atoms with E-state index in [1.165, 1.54) is 6.07 Å². The lowest BCUT2D eigenvalue weighted by Gasteiger charge is -2.10. The molecule has 0 atom stereocenters. The van der Waals surface area contributed by atoms with Gasteiger partial charge in [-0.2, -0.15) is 5.26 Å². The number of Topliss-reactive ketones (excluding diaryl/α,β-unsaturated/α-hetero) is 1. The Hall–Kier alpha value is -2.62. The van der Waals surface area contributed by atoms with Gasteiger partial charge in [0.2, 0.25) is 0 Å². The fourth-order valence-corrected chi connectivity index (χ4v) is 2.78. The molecule has 0 aliphatic carbocycles. The van der Waals surface area contributed by atoms with Crippen LogP contribution in [0, 0.1) is 11.3 Å². The molecule has 6 nitrogen and oxygen atoms in total. The van der Waals surface area contributed by atoms with Gasteiger partial charge in [0.05, 0.1) is 18.6 Å². The van der Waals surface area contributed by atoms with Gasteiger partial charge in [0.25, 0.3) is 0 Å². The van der Waals surface area contributed by atoms with E-state index < -0.39 is 17.5 Å². The van der Waals surface area contributed by atoms with E-state index in [1.54, 1.807) is 25.1 Å². The first-order valence-corrected chi connectivity index (χ1v) is 8.87. The van der Waals surface area contributed by atoms with Gasteiger partial charge in [-0.3, -0.25) is 9.59 Å². The minimum absolute atomic E-state index is 0.0855. The predicted molar refractivity (Wildman–Crippen MR) is 100 cm³/mol. The summed E-state index contributed by atoms with van der Waals surface area (Å²) in [7, 11) is 0. The molecule has 0 spiro atoms. The fourth-order valence-electron chi connectivity index (χ4n) is 2.40. The van der Waals surface area contributed by atoms with Crippen LogP contribution in [0.4, 0.5) is 0 Å². The predicted octanol–water partition coefficient (Wildman–Crippen LogP) is 4.08. The molecule has 140 valence electrons. The van der Waals surface area contributed by atoms with Crippen molar-refractivity contribution in [3.63, 3.8) is 0 Å². The lowest BCUT2D eigenvalue weighted by Crippen LogP contribution is -2.11. The first kappa shape index (κ1) is 20.7. The SMILES string of the molecule is CCOC(=O)CCC(=O)c1nc(Cc2cc(Cl)ccc2Cl)cc(C#N)c1O. The van der Waals surface area contributed by atoms with Crippen molar-refractivity contribution >= 4 is 35.0 Å². The number of ketones is 1. The average molecular weight is 407 g/mol. The van der Waals surface area contributed by atoms with Crippen LogP contribution in [-0.4, -0.2) is 28.4 Å². The van der Waals surface area contributed by atoms with E-state index in [0.29, 0.717) is 21.3 Å². The summed E-state index contributed by atoms with van der Waals surface area (Å²) in [6, 6.07) is 8.15. The number of hydrogen-bond donors (Lipinski definition) is 1. The van der Waals surface area contributed by atoms with Crippen LogP contribution in [-0.2, 0) is 16.0 Å². The molecule has 0 fully saturated rings. The number of carbonyl (C=O) groups excluding carboxylic acids is 2. The molecule has 0 aliphatic heterocycles. The van der Waals surface area contributed by atoms with E-state index in [2.05, 4.69) is 4.98 Å². The highest BCUT2D eigenvalue weighted by atomic mass is 35.5. The quantitative estimate of drug-likeness (QED) is 0.548. The van der Waals surface area contributed by atoms with Crippen molar-refractivity contribution in [3.05, 3.63) is 56.8 Å². The van der Waals surface area contributed by atoms with Gasteiger partial charge in [0.1, 0.15) is 11.8 Å². The number of benzene rings is 1. The number of esters is 1. The Morgan fingerprint density at radius 2 is 2.00 bits per heavy atom. The van der Waals surface area contributed by atoms with Crippen molar-refractivity contribution in [2.45, 2.75) is 26.2 Å². The number of carbonyl (C=O) groups is 2. The van der Waals surface area contributed by atoms with Gasteiger partial charge in [0.15, 0.2) is 11.5 Å². The van der Waals surface area contributed by atoms with Crippen LogP contribution in [0.3, 0.4) is 0 Å². The molecule has 8 heteroatoms. The topological polar surface area (TPSA) is 100 Å². The lowest BCUT2D eigenvalue weighted by molar-refractivity contribution is -0.143. The first-order valence-electron chi connectivity index (χ1n) is 8.11. The van der Waals surface area contributed by atoms with E-state index in [-0.39, 0.29) is 37.1 Å². The number of rotatable bonds is 7. The van der Waals surface area contributed by atoms with Crippen LogP contribution < -0.4 is 0 Å². The van der Waals surface area contributed by atoms with Crippen molar-refractivity contribution in [2.24, 2.45) is 0 Å². The van der Waals surface area contributed by atoms with Crippen LogP contribution in [0.25, 0.3) is 0 Å². The molecule has 0 saturated heterocycles. The average Bonchev–Trinajstić information content (AvgIpc) is 2.64. The molecule has 1 heterocycles. The van der Waals surface area contributed by atoms with Gasteiger partial charge >= 0.3 is 5.97 Å². The Morgan fingerprint density at radius 1 is 1.26 bits per heavy atom. The number of halogens is 2. The molecule has 0 unspecified atom stereocenters. The van der Waals surface area contributed by atoms with Crippen molar-refractivity contribution in [2.75, 3.05) is 6.61 Å². The first-order chi connectivity index (χ1) is 12.8. The summed E-state index contributed by atoms with van der Waals surface area (Å²) in [5.74, 6) is -1.59. The molecule has 0 saturated carbocycles. The lowest BCUT2D eigenvalue weighted by atomic mass is 10.0. The second kappa shape index (κ2) is 9.36. The molecule has 1 aromatic heterocycles. The Bertz CT molecular complexity index is 923. The zero-order chi connectivity index (χ0) is 20.0. The highest BCUT2D eigenvalue weighted by Crippen LogP contribution is 2.27. The number of hydrogen-bond acceptors (Lipinski definition) is 6. The number of nitriles is 1. The maximum Gasteiger partial charge on any atom is 0.306 e. The largest absolute Gasteiger partial charge is 0.504 e. The molecular weight excluding hydrogens is 391 g/mol. The summed E-state index contributed by atoms with van der Waals surface area (Å²) in [5.41, 5.74) is 0.688. The number of aromatic hydroxyl groups is 1. The normalized spacial score (nSPS) is 10.3. The molecule has 0 aliphatic rings. The molecule has 1 aromatic carbocycles. The smallest absolute Gasteiger partial charge is 0.306 e.